The maximum Gasteiger partial charge on any atom is 0.124 e. The summed E-state index contributed by atoms with van der Waals surface area (Å²) >= 11 is 0. The van der Waals surface area contributed by atoms with E-state index in [0.717, 1.165) is 44.6 Å². The van der Waals surface area contributed by atoms with Gasteiger partial charge in [-0.1, -0.05) is 6.07 Å². The first-order valence-corrected chi connectivity index (χ1v) is 7.57. The van der Waals surface area contributed by atoms with Gasteiger partial charge in [-0.3, -0.25) is 0 Å². The number of ether oxygens (including phenoxy) is 1. The highest BCUT2D eigenvalue weighted by Crippen LogP contribution is 2.29. The third-order valence-electron chi connectivity index (χ3n) is 4.59. The quantitative estimate of drug-likeness (QED) is 0.918. The Bertz CT molecular complexity index is 463. The fourth-order valence-corrected chi connectivity index (χ4v) is 3.14. The number of methoxy groups -OCH3 is 1. The van der Waals surface area contributed by atoms with E-state index in [4.69, 9.17) is 4.74 Å². The predicted octanol–water partition coefficient (Wildman–Crippen LogP) is 2.62. The van der Waals surface area contributed by atoms with E-state index in [-0.39, 0.29) is 6.10 Å². The number of likely N-dealkylation sites (tertiary alicyclic amines) is 1. The van der Waals surface area contributed by atoms with Gasteiger partial charge < -0.3 is 14.7 Å². The van der Waals surface area contributed by atoms with Gasteiger partial charge in [0.2, 0.25) is 0 Å². The molecule has 0 saturated carbocycles. The van der Waals surface area contributed by atoms with E-state index in [1.165, 1.54) is 22.3 Å². The van der Waals surface area contributed by atoms with Crippen LogP contribution in [0.2, 0.25) is 0 Å². The van der Waals surface area contributed by atoms with Crippen LogP contribution in [-0.4, -0.2) is 42.9 Å². The Morgan fingerprint density at radius 1 is 1.20 bits per heavy atom. The molecule has 1 aliphatic rings. The Morgan fingerprint density at radius 3 is 2.45 bits per heavy atom. The van der Waals surface area contributed by atoms with E-state index in [0.29, 0.717) is 0 Å². The summed E-state index contributed by atoms with van der Waals surface area (Å²) in [6.45, 7) is 9.57. The molecule has 3 heteroatoms. The molecule has 1 heterocycles. The molecule has 20 heavy (non-hydrogen) atoms. The van der Waals surface area contributed by atoms with Gasteiger partial charge >= 0.3 is 0 Å². The number of nitrogens with zero attached hydrogens (tertiary/aromatic N) is 1. The van der Waals surface area contributed by atoms with Gasteiger partial charge in [-0.05, 0) is 62.3 Å². The van der Waals surface area contributed by atoms with Crippen LogP contribution in [0.15, 0.2) is 6.07 Å². The van der Waals surface area contributed by atoms with Crippen LogP contribution < -0.4 is 4.74 Å². The third kappa shape index (κ3) is 3.33. The normalized spacial score (nSPS) is 17.4. The van der Waals surface area contributed by atoms with Crippen LogP contribution in [0.5, 0.6) is 5.75 Å². The number of hydrogen-bond acceptors (Lipinski definition) is 3. The summed E-state index contributed by atoms with van der Waals surface area (Å²) in [6, 6.07) is 2.26. The molecule has 0 atom stereocenters. The molecule has 112 valence electrons. The SMILES string of the molecule is COc1c(C)cc(CCN2CCC(O)CC2)c(C)c1C. The molecule has 1 fully saturated rings. The molecule has 1 saturated heterocycles. The minimum Gasteiger partial charge on any atom is -0.496 e. The van der Waals surface area contributed by atoms with Crippen LogP contribution >= 0.6 is 0 Å². The molecule has 3 nitrogen and oxygen atoms in total. The molecule has 0 aromatic heterocycles. The Hall–Kier alpha value is -1.06. The fourth-order valence-electron chi connectivity index (χ4n) is 3.14. The van der Waals surface area contributed by atoms with Gasteiger partial charge in [0.15, 0.2) is 0 Å². The molecular formula is C17H27NO2. The van der Waals surface area contributed by atoms with Crippen molar-refractivity contribution in [2.45, 2.75) is 46.1 Å². The first kappa shape index (κ1) is 15.3. The van der Waals surface area contributed by atoms with Gasteiger partial charge in [0.25, 0.3) is 0 Å². The van der Waals surface area contributed by atoms with Crippen molar-refractivity contribution in [1.29, 1.82) is 0 Å². The van der Waals surface area contributed by atoms with E-state index in [1.54, 1.807) is 7.11 Å². The summed E-state index contributed by atoms with van der Waals surface area (Å²) in [6.07, 6.45) is 2.82. The minimum atomic E-state index is -0.0848. The number of aryl methyl sites for hydroxylation is 1. The van der Waals surface area contributed by atoms with E-state index in [2.05, 4.69) is 31.7 Å². The Kier molecular flexibility index (Phi) is 5.06. The number of benzene rings is 1. The van der Waals surface area contributed by atoms with Crippen LogP contribution in [0, 0.1) is 20.8 Å². The van der Waals surface area contributed by atoms with Crippen LogP contribution in [0.3, 0.4) is 0 Å². The second-order valence-electron chi connectivity index (χ2n) is 5.96. The van der Waals surface area contributed by atoms with Gasteiger partial charge in [-0.15, -0.1) is 0 Å². The second-order valence-corrected chi connectivity index (χ2v) is 5.96. The average Bonchev–Trinajstić information content (AvgIpc) is 2.43. The van der Waals surface area contributed by atoms with Crippen molar-refractivity contribution in [2.75, 3.05) is 26.7 Å². The molecule has 0 aliphatic carbocycles. The summed E-state index contributed by atoms with van der Waals surface area (Å²) in [4.78, 5) is 2.46. The second kappa shape index (κ2) is 6.59. The van der Waals surface area contributed by atoms with Crippen molar-refractivity contribution >= 4 is 0 Å². The van der Waals surface area contributed by atoms with Crippen LogP contribution in [0.25, 0.3) is 0 Å². The first-order chi connectivity index (χ1) is 9.52. The Morgan fingerprint density at radius 2 is 1.85 bits per heavy atom. The van der Waals surface area contributed by atoms with Crippen LogP contribution in [-0.2, 0) is 6.42 Å². The van der Waals surface area contributed by atoms with Crippen molar-refractivity contribution in [3.8, 4) is 5.75 Å². The van der Waals surface area contributed by atoms with Crippen molar-refractivity contribution < 1.29 is 9.84 Å². The molecule has 0 spiro atoms. The van der Waals surface area contributed by atoms with Crippen molar-refractivity contribution in [1.82, 2.24) is 4.90 Å². The molecule has 0 bridgehead atoms. The molecule has 2 rings (SSSR count). The maximum absolute atomic E-state index is 9.55. The maximum atomic E-state index is 9.55. The van der Waals surface area contributed by atoms with Crippen molar-refractivity contribution in [2.24, 2.45) is 0 Å². The summed E-state index contributed by atoms with van der Waals surface area (Å²) in [5.74, 6) is 1.02. The topological polar surface area (TPSA) is 32.7 Å². The minimum absolute atomic E-state index is 0.0848. The molecule has 0 amide bonds. The average molecular weight is 277 g/mol. The molecule has 0 unspecified atom stereocenters. The molecule has 0 radical (unpaired) electrons. The summed E-state index contributed by atoms with van der Waals surface area (Å²) < 4.78 is 5.48. The molecule has 1 aliphatic heterocycles. The summed E-state index contributed by atoms with van der Waals surface area (Å²) in [5.41, 5.74) is 5.26. The third-order valence-corrected chi connectivity index (χ3v) is 4.59. The lowest BCUT2D eigenvalue weighted by molar-refractivity contribution is 0.0832. The van der Waals surface area contributed by atoms with Crippen molar-refractivity contribution in [3.63, 3.8) is 0 Å². The molecule has 1 aromatic rings. The number of aliphatic hydroxyl groups excluding tert-OH is 1. The van der Waals surface area contributed by atoms with E-state index < -0.39 is 0 Å². The number of rotatable bonds is 4. The number of piperidine rings is 1. The van der Waals surface area contributed by atoms with Crippen LogP contribution in [0.1, 0.15) is 35.1 Å². The Labute approximate surface area is 122 Å². The lowest BCUT2D eigenvalue weighted by atomic mass is 9.96. The summed E-state index contributed by atoms with van der Waals surface area (Å²) in [5, 5.41) is 9.55. The van der Waals surface area contributed by atoms with E-state index in [1.807, 2.05) is 0 Å². The fraction of sp³-hybridized carbons (Fsp3) is 0.647. The predicted molar refractivity (Wildman–Crippen MR) is 82.6 cm³/mol. The molecule has 1 N–H and O–H groups in total. The highest BCUT2D eigenvalue weighted by molar-refractivity contribution is 5.49. The molecular weight excluding hydrogens is 250 g/mol. The van der Waals surface area contributed by atoms with Gasteiger partial charge in [-0.25, -0.2) is 0 Å². The Balaban J connectivity index is 2.03. The van der Waals surface area contributed by atoms with Crippen LogP contribution in [0.4, 0.5) is 0 Å². The first-order valence-electron chi connectivity index (χ1n) is 7.57. The highest BCUT2D eigenvalue weighted by Gasteiger charge is 2.17. The zero-order valence-corrected chi connectivity index (χ0v) is 13.2. The number of aliphatic hydroxyl groups is 1. The molecule has 1 aromatic carbocycles. The van der Waals surface area contributed by atoms with E-state index >= 15 is 0 Å². The van der Waals surface area contributed by atoms with Gasteiger partial charge in [0.05, 0.1) is 13.2 Å². The standard InChI is InChI=1S/C17H27NO2/c1-12-11-15(13(2)14(3)17(12)20-4)5-8-18-9-6-16(19)7-10-18/h11,16,19H,5-10H2,1-4H3. The largest absolute Gasteiger partial charge is 0.496 e. The van der Waals surface area contributed by atoms with Gasteiger partial charge in [0.1, 0.15) is 5.75 Å². The number of hydrogen-bond donors (Lipinski definition) is 1. The monoisotopic (exact) mass is 277 g/mol. The highest BCUT2D eigenvalue weighted by atomic mass is 16.5. The van der Waals surface area contributed by atoms with Gasteiger partial charge in [0, 0.05) is 19.6 Å². The van der Waals surface area contributed by atoms with Crippen molar-refractivity contribution in [3.05, 3.63) is 28.3 Å². The lowest BCUT2D eigenvalue weighted by Gasteiger charge is -2.29. The zero-order chi connectivity index (χ0) is 14.7. The summed E-state index contributed by atoms with van der Waals surface area (Å²) in [7, 11) is 1.74. The lowest BCUT2D eigenvalue weighted by Crippen LogP contribution is -2.37. The smallest absolute Gasteiger partial charge is 0.124 e. The zero-order valence-electron chi connectivity index (χ0n) is 13.2. The van der Waals surface area contributed by atoms with E-state index in [9.17, 15) is 5.11 Å². The van der Waals surface area contributed by atoms with Gasteiger partial charge in [-0.2, -0.15) is 0 Å².